The average molecular weight is 383 g/mol. The predicted octanol–water partition coefficient (Wildman–Crippen LogP) is 2.74. The number of ether oxygens (including phenoxy) is 1. The molecular formula is C21H25N3O4. The summed E-state index contributed by atoms with van der Waals surface area (Å²) in [6.07, 6.45) is 2.13. The largest absolute Gasteiger partial charge is 0.459 e. The van der Waals surface area contributed by atoms with Crippen molar-refractivity contribution in [3.05, 3.63) is 35.4 Å². The first-order valence-corrected chi connectivity index (χ1v) is 9.43. The molecule has 3 amide bonds. The normalized spacial score (nSPS) is 26.1. The molecule has 0 unspecified atom stereocenters. The van der Waals surface area contributed by atoms with E-state index in [1.54, 1.807) is 24.3 Å². The number of benzene rings is 1. The number of hydrogen-bond acceptors (Lipinski definition) is 5. The van der Waals surface area contributed by atoms with Gasteiger partial charge in [-0.3, -0.25) is 14.5 Å². The molecular weight excluding hydrogens is 358 g/mol. The second-order valence-corrected chi connectivity index (χ2v) is 8.73. The fourth-order valence-corrected chi connectivity index (χ4v) is 4.66. The molecule has 3 rings (SSSR count). The van der Waals surface area contributed by atoms with E-state index in [-0.39, 0.29) is 17.9 Å². The summed E-state index contributed by atoms with van der Waals surface area (Å²) in [6, 6.07) is 8.14. The zero-order valence-corrected chi connectivity index (χ0v) is 16.4. The zero-order chi connectivity index (χ0) is 20.5. The number of urea groups is 1. The molecule has 2 aliphatic rings. The Labute approximate surface area is 164 Å². The lowest BCUT2D eigenvalue weighted by atomic mass is 9.64. The number of carbonyl (C=O) groups is 3. The van der Waals surface area contributed by atoms with E-state index in [9.17, 15) is 14.4 Å². The Bertz CT molecular complexity index is 840. The van der Waals surface area contributed by atoms with E-state index in [2.05, 4.69) is 26.1 Å². The molecule has 1 saturated carbocycles. The first kappa shape index (κ1) is 19.9. The minimum Gasteiger partial charge on any atom is -0.459 e. The van der Waals surface area contributed by atoms with Gasteiger partial charge in [-0.05, 0) is 48.3 Å². The van der Waals surface area contributed by atoms with Gasteiger partial charge in [0.2, 0.25) is 0 Å². The second-order valence-electron chi connectivity index (χ2n) is 8.73. The molecule has 1 aliphatic heterocycles. The zero-order valence-electron chi connectivity index (χ0n) is 16.4. The maximum Gasteiger partial charge on any atom is 0.326 e. The van der Waals surface area contributed by atoms with Crippen LogP contribution < -0.4 is 5.32 Å². The third-order valence-corrected chi connectivity index (χ3v) is 5.39. The van der Waals surface area contributed by atoms with Crippen LogP contribution in [0.3, 0.4) is 0 Å². The first-order valence-electron chi connectivity index (χ1n) is 9.43. The van der Waals surface area contributed by atoms with Gasteiger partial charge < -0.3 is 10.1 Å². The quantitative estimate of drug-likeness (QED) is 0.637. The Kier molecular flexibility index (Phi) is 5.16. The van der Waals surface area contributed by atoms with Gasteiger partial charge in [-0.15, -0.1) is 0 Å². The van der Waals surface area contributed by atoms with E-state index in [1.807, 2.05) is 6.07 Å². The fourth-order valence-electron chi connectivity index (χ4n) is 4.66. The smallest absolute Gasteiger partial charge is 0.326 e. The third-order valence-electron chi connectivity index (χ3n) is 5.39. The van der Waals surface area contributed by atoms with Crippen molar-refractivity contribution in [3.63, 3.8) is 0 Å². The monoisotopic (exact) mass is 383 g/mol. The van der Waals surface area contributed by atoms with Gasteiger partial charge in [0.1, 0.15) is 18.7 Å². The molecule has 2 fully saturated rings. The van der Waals surface area contributed by atoms with Crippen molar-refractivity contribution >= 4 is 17.9 Å². The number of nitriles is 1. The number of imide groups is 1. The maximum absolute atomic E-state index is 13.0. The number of rotatable bonds is 4. The van der Waals surface area contributed by atoms with Crippen LogP contribution in [0.4, 0.5) is 4.79 Å². The van der Waals surface area contributed by atoms with Crippen molar-refractivity contribution < 1.29 is 19.1 Å². The molecule has 148 valence electrons. The fraction of sp³-hybridized carbons (Fsp3) is 0.524. The summed E-state index contributed by atoms with van der Waals surface area (Å²) in [5, 5.41) is 11.6. The number of nitrogens with zero attached hydrogens (tertiary/aromatic N) is 2. The molecule has 1 aromatic rings. The van der Waals surface area contributed by atoms with E-state index < -0.39 is 24.1 Å². The van der Waals surface area contributed by atoms with Crippen LogP contribution >= 0.6 is 0 Å². The molecule has 7 nitrogen and oxygen atoms in total. The van der Waals surface area contributed by atoms with Crippen molar-refractivity contribution in [2.75, 3.05) is 6.54 Å². The van der Waals surface area contributed by atoms with Gasteiger partial charge in [0.15, 0.2) is 0 Å². The van der Waals surface area contributed by atoms with Crippen molar-refractivity contribution in [1.29, 1.82) is 5.26 Å². The lowest BCUT2D eigenvalue weighted by molar-refractivity contribution is -0.149. The summed E-state index contributed by atoms with van der Waals surface area (Å²) in [5.74, 6) is -0.684. The average Bonchev–Trinajstić information content (AvgIpc) is 2.82. The molecule has 1 heterocycles. The Balaban J connectivity index is 1.62. The van der Waals surface area contributed by atoms with E-state index in [0.29, 0.717) is 24.3 Å². The molecule has 28 heavy (non-hydrogen) atoms. The standard InChI is InChI=1S/C21H25N3O4/c1-14-8-20(2,3)13-21(9-14)18(26)24(19(27)23-21)11-17(25)28-12-16-6-4-15(10-22)5-7-16/h4-7,14H,8-9,11-13H2,1-3H3,(H,23,27)/t14-,21+/m1/s1. The van der Waals surface area contributed by atoms with Gasteiger partial charge in [0.05, 0.1) is 11.6 Å². The number of esters is 1. The minimum absolute atomic E-state index is 0.0173. The highest BCUT2D eigenvalue weighted by atomic mass is 16.5. The lowest BCUT2D eigenvalue weighted by Crippen LogP contribution is -2.54. The van der Waals surface area contributed by atoms with Gasteiger partial charge in [0.25, 0.3) is 5.91 Å². The molecule has 0 radical (unpaired) electrons. The van der Waals surface area contributed by atoms with E-state index in [1.165, 1.54) is 0 Å². The Hall–Kier alpha value is -2.88. The van der Waals surface area contributed by atoms with Gasteiger partial charge in [-0.1, -0.05) is 32.9 Å². The summed E-state index contributed by atoms with van der Waals surface area (Å²) in [5.41, 5.74) is 0.256. The topological polar surface area (TPSA) is 99.5 Å². The molecule has 2 atom stereocenters. The van der Waals surface area contributed by atoms with Gasteiger partial charge >= 0.3 is 12.0 Å². The third kappa shape index (κ3) is 4.01. The number of hydrogen-bond donors (Lipinski definition) is 1. The maximum atomic E-state index is 13.0. The van der Waals surface area contributed by atoms with Gasteiger partial charge in [-0.2, -0.15) is 5.26 Å². The van der Waals surface area contributed by atoms with Crippen molar-refractivity contribution in [3.8, 4) is 6.07 Å². The van der Waals surface area contributed by atoms with Crippen molar-refractivity contribution in [2.45, 2.75) is 52.2 Å². The molecule has 1 spiro atoms. The first-order chi connectivity index (χ1) is 13.1. The van der Waals surface area contributed by atoms with Crippen LogP contribution in [-0.2, 0) is 20.9 Å². The number of amides is 3. The molecule has 0 aromatic heterocycles. The summed E-state index contributed by atoms with van der Waals surface area (Å²) < 4.78 is 5.20. The summed E-state index contributed by atoms with van der Waals surface area (Å²) in [6.45, 7) is 5.88. The van der Waals surface area contributed by atoms with Crippen LogP contribution in [0, 0.1) is 22.7 Å². The minimum atomic E-state index is -0.925. The summed E-state index contributed by atoms with van der Waals surface area (Å²) >= 11 is 0. The summed E-state index contributed by atoms with van der Waals surface area (Å²) in [7, 11) is 0. The predicted molar refractivity (Wildman–Crippen MR) is 101 cm³/mol. The molecule has 0 bridgehead atoms. The van der Waals surface area contributed by atoms with E-state index >= 15 is 0 Å². The molecule has 1 aliphatic carbocycles. The highest BCUT2D eigenvalue weighted by Gasteiger charge is 2.56. The molecule has 1 N–H and O–H groups in total. The van der Waals surface area contributed by atoms with Crippen LogP contribution in [0.25, 0.3) is 0 Å². The lowest BCUT2D eigenvalue weighted by Gasteiger charge is -2.43. The van der Waals surface area contributed by atoms with Crippen LogP contribution in [-0.4, -0.2) is 34.9 Å². The molecule has 7 heteroatoms. The number of nitrogens with one attached hydrogen (secondary N) is 1. The Morgan fingerprint density at radius 3 is 2.57 bits per heavy atom. The number of carbonyl (C=O) groups excluding carboxylic acids is 3. The molecule has 1 aromatic carbocycles. The highest BCUT2D eigenvalue weighted by Crippen LogP contribution is 2.46. The Morgan fingerprint density at radius 2 is 1.96 bits per heavy atom. The van der Waals surface area contributed by atoms with Crippen LogP contribution in [0.5, 0.6) is 0 Å². The van der Waals surface area contributed by atoms with Crippen LogP contribution in [0.1, 0.15) is 51.2 Å². The van der Waals surface area contributed by atoms with Crippen molar-refractivity contribution in [2.24, 2.45) is 11.3 Å². The summed E-state index contributed by atoms with van der Waals surface area (Å²) in [4.78, 5) is 38.6. The van der Waals surface area contributed by atoms with E-state index in [0.717, 1.165) is 16.9 Å². The SMILES string of the molecule is C[C@@H]1CC(C)(C)C[C@]2(C1)NC(=O)N(CC(=O)OCc1ccc(C#N)cc1)C2=O. The second kappa shape index (κ2) is 7.27. The van der Waals surface area contributed by atoms with Crippen LogP contribution in [0.15, 0.2) is 24.3 Å². The Morgan fingerprint density at radius 1 is 1.29 bits per heavy atom. The van der Waals surface area contributed by atoms with Crippen molar-refractivity contribution in [1.82, 2.24) is 10.2 Å². The van der Waals surface area contributed by atoms with Gasteiger partial charge in [-0.25, -0.2) is 4.79 Å². The van der Waals surface area contributed by atoms with E-state index in [4.69, 9.17) is 10.00 Å². The highest BCUT2D eigenvalue weighted by molar-refractivity contribution is 6.08. The molecule has 1 saturated heterocycles. The van der Waals surface area contributed by atoms with Gasteiger partial charge in [0, 0.05) is 0 Å². The van der Waals surface area contributed by atoms with Crippen LogP contribution in [0.2, 0.25) is 0 Å².